The number of hydrogen-bond donors (Lipinski definition) is 0. The summed E-state index contributed by atoms with van der Waals surface area (Å²) in [5.74, 6) is 6.43. The molecule has 0 aliphatic heterocycles. The molecular weight excluding hydrogens is 184 g/mol. The fraction of sp³-hybridized carbons (Fsp3) is 0.0714. The molecule has 0 heterocycles. The molecule has 0 radical (unpaired) electrons. The molecule has 0 atom stereocenters. The highest BCUT2D eigenvalue weighted by atomic mass is 16.1. The van der Waals surface area contributed by atoms with Crippen LogP contribution in [0.25, 0.3) is 0 Å². The fourth-order valence-corrected chi connectivity index (χ4v) is 1.34. The first-order valence-electron chi connectivity index (χ1n) is 4.80. The van der Waals surface area contributed by atoms with Crippen molar-refractivity contribution in [1.82, 2.24) is 0 Å². The van der Waals surface area contributed by atoms with Gasteiger partial charge in [0.1, 0.15) is 6.29 Å². The summed E-state index contributed by atoms with van der Waals surface area (Å²) in [6.45, 7) is 0. The summed E-state index contributed by atoms with van der Waals surface area (Å²) in [5, 5.41) is 0. The molecule has 72 valence electrons. The fourth-order valence-electron chi connectivity index (χ4n) is 1.34. The molecule has 2 rings (SSSR count). The second kappa shape index (κ2) is 4.43. The van der Waals surface area contributed by atoms with Crippen molar-refractivity contribution in [3.63, 3.8) is 0 Å². The van der Waals surface area contributed by atoms with Crippen LogP contribution in [0.2, 0.25) is 0 Å². The van der Waals surface area contributed by atoms with Crippen molar-refractivity contribution in [2.24, 2.45) is 5.92 Å². The van der Waals surface area contributed by atoms with Gasteiger partial charge in [0.25, 0.3) is 0 Å². The molecule has 1 aliphatic rings. The Kier molecular flexibility index (Phi) is 2.80. The van der Waals surface area contributed by atoms with Crippen LogP contribution in [0.4, 0.5) is 0 Å². The maximum atomic E-state index is 10.4. The minimum absolute atomic E-state index is 0.232. The highest BCUT2D eigenvalue weighted by Crippen LogP contribution is 2.07. The average molecular weight is 194 g/mol. The Hall–Kier alpha value is -2.07. The standard InChI is InChI=1S/C14H10O/c15-11-14-9-7-13(8-10-14)6-5-12-3-1-2-4-12/h1-4,7-12H. The molecular formula is C14H10O. The van der Waals surface area contributed by atoms with Gasteiger partial charge < -0.3 is 0 Å². The van der Waals surface area contributed by atoms with Crippen molar-refractivity contribution in [3.05, 3.63) is 59.7 Å². The number of rotatable bonds is 1. The highest BCUT2D eigenvalue weighted by molar-refractivity contribution is 5.74. The average Bonchev–Trinajstić information content (AvgIpc) is 2.80. The van der Waals surface area contributed by atoms with Crippen LogP contribution in [0.5, 0.6) is 0 Å². The molecule has 0 saturated heterocycles. The summed E-state index contributed by atoms with van der Waals surface area (Å²) in [5.41, 5.74) is 1.62. The molecule has 0 fully saturated rings. The molecule has 0 aromatic heterocycles. The van der Waals surface area contributed by atoms with E-state index in [1.165, 1.54) is 0 Å². The van der Waals surface area contributed by atoms with Crippen molar-refractivity contribution >= 4 is 6.29 Å². The van der Waals surface area contributed by atoms with Gasteiger partial charge in [0.05, 0.1) is 5.92 Å². The van der Waals surface area contributed by atoms with E-state index in [4.69, 9.17) is 0 Å². The van der Waals surface area contributed by atoms with Crippen LogP contribution in [0.3, 0.4) is 0 Å². The zero-order chi connectivity index (χ0) is 10.5. The van der Waals surface area contributed by atoms with Gasteiger partial charge in [0.2, 0.25) is 0 Å². The predicted octanol–water partition coefficient (Wildman–Crippen LogP) is 2.59. The van der Waals surface area contributed by atoms with Crippen LogP contribution in [0.15, 0.2) is 48.6 Å². The Balaban J connectivity index is 2.13. The number of allylic oxidation sites excluding steroid dienone is 4. The van der Waals surface area contributed by atoms with E-state index < -0.39 is 0 Å². The zero-order valence-corrected chi connectivity index (χ0v) is 8.18. The summed E-state index contributed by atoms with van der Waals surface area (Å²) in [7, 11) is 0. The lowest BCUT2D eigenvalue weighted by Gasteiger charge is -1.92. The summed E-state index contributed by atoms with van der Waals surface area (Å²) in [6, 6.07) is 7.27. The summed E-state index contributed by atoms with van der Waals surface area (Å²) < 4.78 is 0. The third kappa shape index (κ3) is 2.45. The Morgan fingerprint density at radius 1 is 1.07 bits per heavy atom. The topological polar surface area (TPSA) is 17.1 Å². The van der Waals surface area contributed by atoms with Crippen LogP contribution >= 0.6 is 0 Å². The number of carbonyl (C=O) groups is 1. The summed E-state index contributed by atoms with van der Waals surface area (Å²) in [4.78, 5) is 10.4. The largest absolute Gasteiger partial charge is 0.298 e. The summed E-state index contributed by atoms with van der Waals surface area (Å²) >= 11 is 0. The van der Waals surface area contributed by atoms with Crippen molar-refractivity contribution in [3.8, 4) is 11.8 Å². The van der Waals surface area contributed by atoms with Gasteiger partial charge in [-0.3, -0.25) is 4.79 Å². The second-order valence-electron chi connectivity index (χ2n) is 3.30. The van der Waals surface area contributed by atoms with Gasteiger partial charge in [-0.1, -0.05) is 48.3 Å². The quantitative estimate of drug-likeness (QED) is 0.496. The molecule has 0 unspecified atom stereocenters. The van der Waals surface area contributed by atoms with Gasteiger partial charge in [-0.25, -0.2) is 0 Å². The van der Waals surface area contributed by atoms with Gasteiger partial charge in [-0.2, -0.15) is 0 Å². The van der Waals surface area contributed by atoms with Crippen LogP contribution in [-0.4, -0.2) is 6.29 Å². The zero-order valence-electron chi connectivity index (χ0n) is 8.18. The van der Waals surface area contributed by atoms with E-state index in [-0.39, 0.29) is 5.92 Å². The van der Waals surface area contributed by atoms with E-state index >= 15 is 0 Å². The third-order valence-corrected chi connectivity index (χ3v) is 2.18. The van der Waals surface area contributed by atoms with E-state index in [0.717, 1.165) is 11.8 Å². The first kappa shape index (κ1) is 9.48. The molecule has 1 aromatic carbocycles. The van der Waals surface area contributed by atoms with Crippen molar-refractivity contribution < 1.29 is 4.79 Å². The van der Waals surface area contributed by atoms with E-state index in [9.17, 15) is 4.79 Å². The highest BCUT2D eigenvalue weighted by Gasteiger charge is 1.96. The van der Waals surface area contributed by atoms with E-state index in [0.29, 0.717) is 5.56 Å². The molecule has 1 heteroatoms. The van der Waals surface area contributed by atoms with Crippen LogP contribution in [0, 0.1) is 17.8 Å². The first-order valence-corrected chi connectivity index (χ1v) is 4.80. The smallest absolute Gasteiger partial charge is 0.150 e. The predicted molar refractivity (Wildman–Crippen MR) is 60.5 cm³/mol. The molecule has 0 bridgehead atoms. The lowest BCUT2D eigenvalue weighted by atomic mass is 10.1. The molecule has 1 nitrogen and oxygen atoms in total. The lowest BCUT2D eigenvalue weighted by molar-refractivity contribution is 0.112. The molecule has 0 saturated carbocycles. The van der Waals surface area contributed by atoms with Crippen molar-refractivity contribution in [2.75, 3.05) is 0 Å². The van der Waals surface area contributed by atoms with Gasteiger partial charge in [0.15, 0.2) is 0 Å². The number of aldehydes is 1. The monoisotopic (exact) mass is 194 g/mol. The molecule has 15 heavy (non-hydrogen) atoms. The van der Waals surface area contributed by atoms with Crippen LogP contribution in [0.1, 0.15) is 15.9 Å². The molecule has 0 amide bonds. The Morgan fingerprint density at radius 3 is 2.33 bits per heavy atom. The maximum Gasteiger partial charge on any atom is 0.150 e. The summed E-state index contributed by atoms with van der Waals surface area (Å²) in [6.07, 6.45) is 8.92. The normalized spacial score (nSPS) is 13.6. The Labute approximate surface area is 89.1 Å². The van der Waals surface area contributed by atoms with Crippen LogP contribution in [-0.2, 0) is 0 Å². The van der Waals surface area contributed by atoms with Crippen molar-refractivity contribution in [2.45, 2.75) is 0 Å². The second-order valence-corrected chi connectivity index (χ2v) is 3.30. The van der Waals surface area contributed by atoms with E-state index in [1.807, 2.05) is 36.4 Å². The van der Waals surface area contributed by atoms with Gasteiger partial charge in [-0.05, 0) is 12.1 Å². The Morgan fingerprint density at radius 2 is 1.73 bits per heavy atom. The SMILES string of the molecule is O=Cc1ccc(C#CC2C=CC=C2)cc1. The number of hydrogen-bond acceptors (Lipinski definition) is 1. The minimum atomic E-state index is 0.232. The van der Waals surface area contributed by atoms with Crippen molar-refractivity contribution in [1.29, 1.82) is 0 Å². The molecule has 0 spiro atoms. The molecule has 1 aliphatic carbocycles. The first-order chi connectivity index (χ1) is 7.38. The number of benzene rings is 1. The molecule has 0 N–H and O–H groups in total. The van der Waals surface area contributed by atoms with Gasteiger partial charge in [0, 0.05) is 11.1 Å². The maximum absolute atomic E-state index is 10.4. The lowest BCUT2D eigenvalue weighted by Crippen LogP contribution is -1.83. The molecule has 1 aromatic rings. The van der Waals surface area contributed by atoms with Gasteiger partial charge >= 0.3 is 0 Å². The van der Waals surface area contributed by atoms with Gasteiger partial charge in [-0.15, -0.1) is 0 Å². The number of carbonyl (C=O) groups excluding carboxylic acids is 1. The Bertz CT molecular complexity index is 454. The van der Waals surface area contributed by atoms with E-state index in [2.05, 4.69) is 11.8 Å². The van der Waals surface area contributed by atoms with Crippen LogP contribution < -0.4 is 0 Å². The third-order valence-electron chi connectivity index (χ3n) is 2.18. The minimum Gasteiger partial charge on any atom is -0.298 e. The van der Waals surface area contributed by atoms with E-state index in [1.54, 1.807) is 12.1 Å².